The van der Waals surface area contributed by atoms with E-state index in [-0.39, 0.29) is 6.61 Å². The van der Waals surface area contributed by atoms with Crippen LogP contribution in [0.2, 0.25) is 0 Å². The fourth-order valence-electron chi connectivity index (χ4n) is 0.585. The average Bonchev–Trinajstić information content (AvgIpc) is 2.08. The second-order valence-electron chi connectivity index (χ2n) is 2.68. The molecule has 0 aromatic heterocycles. The van der Waals surface area contributed by atoms with Crippen LogP contribution in [0.3, 0.4) is 0 Å². The van der Waals surface area contributed by atoms with Crippen molar-refractivity contribution in [3.05, 3.63) is 36.4 Å². The van der Waals surface area contributed by atoms with Crippen LogP contribution in [0, 0.1) is 0 Å². The van der Waals surface area contributed by atoms with Crippen molar-refractivity contribution in [2.75, 3.05) is 27.2 Å². The Morgan fingerprint density at radius 2 is 1.25 bits per heavy atom. The summed E-state index contributed by atoms with van der Waals surface area (Å²) in [4.78, 5) is 1.93. The maximum Gasteiger partial charge on any atom is 0.0558 e. The van der Waals surface area contributed by atoms with Gasteiger partial charge in [-0.3, -0.25) is 0 Å². The average molecular weight is 167 g/mol. The molecule has 0 bridgehead atoms. The van der Waals surface area contributed by atoms with Gasteiger partial charge in [0.15, 0.2) is 0 Å². The standard InChI is InChI=1S/C6H6.C4H11NO/c1-2-4-6-5-3-1;1-5(2)3-4-6/h1-6H;6H,3-4H2,1-2H3. The number of hydrogen-bond donors (Lipinski definition) is 1. The lowest BCUT2D eigenvalue weighted by molar-refractivity contribution is 0.243. The summed E-state index contributed by atoms with van der Waals surface area (Å²) in [6, 6.07) is 12.0. The third-order valence-corrected chi connectivity index (χ3v) is 1.21. The quantitative estimate of drug-likeness (QED) is 0.716. The van der Waals surface area contributed by atoms with E-state index in [0.29, 0.717) is 0 Å². The Kier molecular flexibility index (Phi) is 7.65. The fourth-order valence-corrected chi connectivity index (χ4v) is 0.585. The first-order chi connectivity index (χ1) is 5.77. The Bertz CT molecular complexity index is 136. The van der Waals surface area contributed by atoms with Crippen molar-refractivity contribution in [1.29, 1.82) is 0 Å². The van der Waals surface area contributed by atoms with Gasteiger partial charge in [-0.1, -0.05) is 36.4 Å². The highest BCUT2D eigenvalue weighted by atomic mass is 16.3. The van der Waals surface area contributed by atoms with Gasteiger partial charge in [-0.25, -0.2) is 0 Å². The number of aliphatic hydroxyl groups is 1. The SMILES string of the molecule is CN(C)CCO.c1ccccc1. The molecule has 0 fully saturated rings. The summed E-state index contributed by atoms with van der Waals surface area (Å²) < 4.78 is 0. The zero-order chi connectivity index (χ0) is 9.23. The van der Waals surface area contributed by atoms with Gasteiger partial charge in [0.2, 0.25) is 0 Å². The van der Waals surface area contributed by atoms with Crippen molar-refractivity contribution in [2.24, 2.45) is 0 Å². The molecule has 0 unspecified atom stereocenters. The molecule has 0 aliphatic rings. The van der Waals surface area contributed by atoms with Gasteiger partial charge in [0, 0.05) is 6.54 Å². The number of hydrogen-bond acceptors (Lipinski definition) is 2. The van der Waals surface area contributed by atoms with Gasteiger partial charge in [0.25, 0.3) is 0 Å². The first-order valence-corrected chi connectivity index (χ1v) is 4.03. The molecule has 0 atom stereocenters. The van der Waals surface area contributed by atoms with Crippen LogP contribution in [0.1, 0.15) is 0 Å². The molecule has 2 nitrogen and oxygen atoms in total. The van der Waals surface area contributed by atoms with Crippen molar-refractivity contribution >= 4 is 0 Å². The third-order valence-electron chi connectivity index (χ3n) is 1.21. The smallest absolute Gasteiger partial charge is 0.0558 e. The van der Waals surface area contributed by atoms with Crippen LogP contribution in [-0.2, 0) is 0 Å². The van der Waals surface area contributed by atoms with Gasteiger partial charge >= 0.3 is 0 Å². The Balaban J connectivity index is 0.000000202. The number of rotatable bonds is 2. The molecule has 0 radical (unpaired) electrons. The molecule has 68 valence electrons. The minimum absolute atomic E-state index is 0.257. The summed E-state index contributed by atoms with van der Waals surface area (Å²) >= 11 is 0. The lowest BCUT2D eigenvalue weighted by atomic mass is 10.4. The topological polar surface area (TPSA) is 23.5 Å². The highest BCUT2D eigenvalue weighted by molar-refractivity contribution is 4.99. The summed E-state index contributed by atoms with van der Waals surface area (Å²) in [7, 11) is 3.85. The summed E-state index contributed by atoms with van der Waals surface area (Å²) in [5.74, 6) is 0. The van der Waals surface area contributed by atoms with E-state index in [4.69, 9.17) is 5.11 Å². The van der Waals surface area contributed by atoms with Gasteiger partial charge in [-0.15, -0.1) is 0 Å². The molecule has 12 heavy (non-hydrogen) atoms. The second kappa shape index (κ2) is 8.24. The zero-order valence-electron chi connectivity index (χ0n) is 7.77. The third kappa shape index (κ3) is 9.14. The van der Waals surface area contributed by atoms with Crippen LogP contribution in [0.5, 0.6) is 0 Å². The number of likely N-dealkylation sites (N-methyl/N-ethyl adjacent to an activating group) is 1. The molecular formula is C10H17NO. The van der Waals surface area contributed by atoms with Crippen molar-refractivity contribution < 1.29 is 5.11 Å². The predicted octanol–water partition coefficient (Wildman–Crippen LogP) is 1.23. The number of aliphatic hydroxyl groups excluding tert-OH is 1. The molecule has 0 spiro atoms. The molecule has 1 aromatic carbocycles. The van der Waals surface area contributed by atoms with Crippen LogP contribution in [0.4, 0.5) is 0 Å². The van der Waals surface area contributed by atoms with E-state index in [1.807, 2.05) is 55.4 Å². The molecular weight excluding hydrogens is 150 g/mol. The maximum atomic E-state index is 8.20. The van der Waals surface area contributed by atoms with Crippen molar-refractivity contribution in [3.8, 4) is 0 Å². The van der Waals surface area contributed by atoms with Crippen molar-refractivity contribution in [3.63, 3.8) is 0 Å². The van der Waals surface area contributed by atoms with Crippen molar-refractivity contribution in [2.45, 2.75) is 0 Å². The van der Waals surface area contributed by atoms with E-state index in [1.165, 1.54) is 0 Å². The largest absolute Gasteiger partial charge is 0.395 e. The lowest BCUT2D eigenvalue weighted by Gasteiger charge is -2.03. The predicted molar refractivity (Wildman–Crippen MR) is 52.1 cm³/mol. The molecule has 1 N–H and O–H groups in total. The van der Waals surface area contributed by atoms with Crippen molar-refractivity contribution in [1.82, 2.24) is 4.90 Å². The Morgan fingerprint density at radius 3 is 1.33 bits per heavy atom. The van der Waals surface area contributed by atoms with E-state index < -0.39 is 0 Å². The Labute approximate surface area is 74.5 Å². The van der Waals surface area contributed by atoms with Gasteiger partial charge in [-0.2, -0.15) is 0 Å². The summed E-state index contributed by atoms with van der Waals surface area (Å²) in [6.07, 6.45) is 0. The van der Waals surface area contributed by atoms with Gasteiger partial charge in [-0.05, 0) is 14.1 Å². The van der Waals surface area contributed by atoms with E-state index in [1.54, 1.807) is 0 Å². The van der Waals surface area contributed by atoms with E-state index in [2.05, 4.69) is 0 Å². The minimum atomic E-state index is 0.257. The van der Waals surface area contributed by atoms with Crippen LogP contribution in [-0.4, -0.2) is 37.3 Å². The lowest BCUT2D eigenvalue weighted by Crippen LogP contribution is -2.15. The number of benzene rings is 1. The molecule has 0 heterocycles. The van der Waals surface area contributed by atoms with E-state index >= 15 is 0 Å². The molecule has 0 amide bonds. The maximum absolute atomic E-state index is 8.20. The van der Waals surface area contributed by atoms with Gasteiger partial charge in [0.05, 0.1) is 6.61 Å². The summed E-state index contributed by atoms with van der Waals surface area (Å²) in [5.41, 5.74) is 0. The fraction of sp³-hybridized carbons (Fsp3) is 0.400. The number of nitrogens with zero attached hydrogens (tertiary/aromatic N) is 1. The van der Waals surface area contributed by atoms with Crippen LogP contribution in [0.25, 0.3) is 0 Å². The van der Waals surface area contributed by atoms with Crippen LogP contribution in [0.15, 0.2) is 36.4 Å². The summed E-state index contributed by atoms with van der Waals surface area (Å²) in [5, 5.41) is 8.20. The Morgan fingerprint density at radius 1 is 0.917 bits per heavy atom. The second-order valence-corrected chi connectivity index (χ2v) is 2.68. The molecule has 1 rings (SSSR count). The van der Waals surface area contributed by atoms with Crippen LogP contribution >= 0.6 is 0 Å². The monoisotopic (exact) mass is 167 g/mol. The first-order valence-electron chi connectivity index (χ1n) is 4.03. The highest BCUT2D eigenvalue weighted by Gasteiger charge is 1.80. The van der Waals surface area contributed by atoms with Gasteiger partial charge in [0.1, 0.15) is 0 Å². The van der Waals surface area contributed by atoms with Gasteiger partial charge < -0.3 is 10.0 Å². The molecule has 0 aliphatic heterocycles. The Hall–Kier alpha value is -0.860. The molecule has 0 aliphatic carbocycles. The summed E-state index contributed by atoms with van der Waals surface area (Å²) in [6.45, 7) is 1.02. The van der Waals surface area contributed by atoms with Crippen LogP contribution < -0.4 is 0 Å². The molecule has 0 saturated heterocycles. The molecule has 2 heteroatoms. The van der Waals surface area contributed by atoms with E-state index in [9.17, 15) is 0 Å². The normalized spacial score (nSPS) is 9.00. The molecule has 0 saturated carbocycles. The zero-order valence-corrected chi connectivity index (χ0v) is 7.77. The first kappa shape index (κ1) is 11.1. The van der Waals surface area contributed by atoms with E-state index in [0.717, 1.165) is 6.54 Å². The highest BCUT2D eigenvalue weighted by Crippen LogP contribution is 1.79. The minimum Gasteiger partial charge on any atom is -0.395 e. The molecule has 1 aromatic rings.